The lowest BCUT2D eigenvalue weighted by Gasteiger charge is -2.28. The van der Waals surface area contributed by atoms with Gasteiger partial charge in [0.1, 0.15) is 17.9 Å². The number of hydrogen-bond acceptors (Lipinski definition) is 9. The monoisotopic (exact) mass is 544 g/mol. The van der Waals surface area contributed by atoms with Crippen molar-refractivity contribution < 1.29 is 9.53 Å². The summed E-state index contributed by atoms with van der Waals surface area (Å²) in [6.45, 7) is 11.9. The van der Waals surface area contributed by atoms with Gasteiger partial charge in [-0.1, -0.05) is 12.6 Å². The Kier molecular flexibility index (Phi) is 10.6. The van der Waals surface area contributed by atoms with Gasteiger partial charge in [-0.05, 0) is 52.1 Å². The van der Waals surface area contributed by atoms with E-state index in [1.807, 2.05) is 57.4 Å². The minimum atomic E-state index is -0.305. The number of nitrogens with zero attached hydrogens (tertiary/aromatic N) is 4. The number of likely N-dealkylation sites (N-methyl/N-ethyl adjacent to an activating group) is 2. The number of carbonyl (C=O) groups is 1. The number of hydrogen-bond donors (Lipinski definition) is 4. The average molecular weight is 545 g/mol. The first-order chi connectivity index (χ1) is 19.2. The standard InChI is InChI=1S/C30H40N8O2/c1-8-30(39)36-25-15-26(28(40-9-2)17-27(25)38(7)13-12-37(6)20(3)4)35-29-16-24(33-19-34-29)21-10-11-23(32-5)22(14-21)18-31/h8,10-11,14-20,31-32H,1,9,12-13H2,2-7H3,(H,36,39)(H,33,34,35). The Balaban J connectivity index is 1.99. The fourth-order valence-electron chi connectivity index (χ4n) is 4.02. The summed E-state index contributed by atoms with van der Waals surface area (Å²) in [4.78, 5) is 25.6. The minimum absolute atomic E-state index is 0.305. The maximum Gasteiger partial charge on any atom is 0.247 e. The molecule has 40 heavy (non-hydrogen) atoms. The molecule has 0 saturated carbocycles. The van der Waals surface area contributed by atoms with E-state index in [0.29, 0.717) is 41.3 Å². The topological polar surface area (TPSA) is 118 Å². The van der Waals surface area contributed by atoms with Crippen LogP contribution in [0.4, 0.5) is 28.6 Å². The van der Waals surface area contributed by atoms with E-state index in [4.69, 9.17) is 10.1 Å². The molecule has 3 rings (SSSR count). The third-order valence-electron chi connectivity index (χ3n) is 6.62. The molecule has 10 heteroatoms. The molecule has 1 amide bonds. The third-order valence-corrected chi connectivity index (χ3v) is 6.62. The molecule has 10 nitrogen and oxygen atoms in total. The molecule has 1 heterocycles. The quantitative estimate of drug-likeness (QED) is 0.161. The third kappa shape index (κ3) is 7.57. The molecule has 0 saturated heterocycles. The SMILES string of the molecule is C=CC(=O)Nc1cc(Nc2cc(-c3ccc(NC)c(C=N)c3)ncn2)c(OCC)cc1N(C)CCN(C)C(C)C. The largest absolute Gasteiger partial charge is 0.492 e. The predicted molar refractivity (Wildman–Crippen MR) is 166 cm³/mol. The highest BCUT2D eigenvalue weighted by Gasteiger charge is 2.17. The smallest absolute Gasteiger partial charge is 0.247 e. The average Bonchev–Trinajstić information content (AvgIpc) is 2.96. The Bertz CT molecular complexity index is 1340. The Hall–Kier alpha value is -4.44. The first kappa shape index (κ1) is 30.1. The molecule has 2 aromatic carbocycles. The summed E-state index contributed by atoms with van der Waals surface area (Å²) in [6.07, 6.45) is 4.04. The molecule has 0 unspecified atom stereocenters. The summed E-state index contributed by atoms with van der Waals surface area (Å²) in [6, 6.07) is 11.8. The van der Waals surface area contributed by atoms with Gasteiger partial charge in [0.2, 0.25) is 5.91 Å². The van der Waals surface area contributed by atoms with Crippen LogP contribution in [0, 0.1) is 5.41 Å². The minimum Gasteiger partial charge on any atom is -0.492 e. The highest BCUT2D eigenvalue weighted by Crippen LogP contribution is 2.38. The Morgan fingerprint density at radius 2 is 1.88 bits per heavy atom. The van der Waals surface area contributed by atoms with E-state index in [1.54, 1.807) is 0 Å². The fourth-order valence-corrected chi connectivity index (χ4v) is 4.02. The zero-order chi connectivity index (χ0) is 29.2. The van der Waals surface area contributed by atoms with Crippen LogP contribution in [0.15, 0.2) is 55.4 Å². The first-order valence-corrected chi connectivity index (χ1v) is 13.3. The van der Waals surface area contributed by atoms with Crippen LogP contribution in [0.3, 0.4) is 0 Å². The molecule has 1 aromatic heterocycles. The van der Waals surface area contributed by atoms with Gasteiger partial charge < -0.3 is 35.9 Å². The van der Waals surface area contributed by atoms with Gasteiger partial charge in [-0.25, -0.2) is 9.97 Å². The van der Waals surface area contributed by atoms with Gasteiger partial charge in [0.25, 0.3) is 0 Å². The predicted octanol–water partition coefficient (Wildman–Crippen LogP) is 5.23. The van der Waals surface area contributed by atoms with Crippen LogP contribution in [0.25, 0.3) is 11.3 Å². The van der Waals surface area contributed by atoms with Crippen LogP contribution in [0.5, 0.6) is 5.75 Å². The number of aromatic nitrogens is 2. The van der Waals surface area contributed by atoms with Crippen molar-refractivity contribution in [1.82, 2.24) is 14.9 Å². The summed E-state index contributed by atoms with van der Waals surface area (Å²) in [5, 5.41) is 17.1. The number of rotatable bonds is 14. The van der Waals surface area contributed by atoms with Crippen molar-refractivity contribution >= 4 is 40.7 Å². The summed E-state index contributed by atoms with van der Waals surface area (Å²) in [7, 11) is 5.91. The van der Waals surface area contributed by atoms with Gasteiger partial charge in [-0.3, -0.25) is 4.79 Å². The second-order valence-electron chi connectivity index (χ2n) is 9.60. The Morgan fingerprint density at radius 1 is 1.10 bits per heavy atom. The van der Waals surface area contributed by atoms with Crippen LogP contribution < -0.4 is 25.6 Å². The molecule has 0 aliphatic carbocycles. The van der Waals surface area contributed by atoms with Crippen molar-refractivity contribution in [1.29, 1.82) is 5.41 Å². The van der Waals surface area contributed by atoms with Gasteiger partial charge in [-0.2, -0.15) is 0 Å². The second-order valence-corrected chi connectivity index (χ2v) is 9.60. The van der Waals surface area contributed by atoms with Crippen LogP contribution in [0.2, 0.25) is 0 Å². The highest BCUT2D eigenvalue weighted by molar-refractivity contribution is 6.02. The molecule has 0 spiro atoms. The second kappa shape index (κ2) is 14.1. The highest BCUT2D eigenvalue weighted by atomic mass is 16.5. The van der Waals surface area contributed by atoms with Gasteiger partial charge in [0, 0.05) is 68.4 Å². The molecular formula is C30H40N8O2. The van der Waals surface area contributed by atoms with Crippen molar-refractivity contribution in [2.75, 3.05) is 61.7 Å². The number of anilines is 5. The lowest BCUT2D eigenvalue weighted by atomic mass is 10.1. The summed E-state index contributed by atoms with van der Waals surface area (Å²) in [5.41, 5.74) is 5.28. The lowest BCUT2D eigenvalue weighted by molar-refractivity contribution is -0.111. The van der Waals surface area contributed by atoms with E-state index in [-0.39, 0.29) is 5.91 Å². The maximum absolute atomic E-state index is 12.3. The maximum atomic E-state index is 12.3. The zero-order valence-corrected chi connectivity index (χ0v) is 24.2. The van der Waals surface area contributed by atoms with Crippen LogP contribution in [-0.4, -0.2) is 73.9 Å². The van der Waals surface area contributed by atoms with Gasteiger partial charge in [-0.15, -0.1) is 0 Å². The molecule has 3 aromatic rings. The van der Waals surface area contributed by atoms with Crippen molar-refractivity contribution in [3.05, 3.63) is 60.9 Å². The number of ether oxygens (including phenoxy) is 1. The molecule has 0 fully saturated rings. The number of nitrogens with one attached hydrogen (secondary N) is 4. The summed E-state index contributed by atoms with van der Waals surface area (Å²) >= 11 is 0. The fraction of sp³-hybridized carbons (Fsp3) is 0.333. The lowest BCUT2D eigenvalue weighted by Crippen LogP contribution is -2.35. The Labute approximate surface area is 237 Å². The van der Waals surface area contributed by atoms with Crippen molar-refractivity contribution in [2.24, 2.45) is 0 Å². The number of carbonyl (C=O) groups excluding carboxylic acids is 1. The molecule has 0 aliphatic heterocycles. The first-order valence-electron chi connectivity index (χ1n) is 13.3. The summed E-state index contributed by atoms with van der Waals surface area (Å²) in [5.74, 6) is 0.879. The van der Waals surface area contributed by atoms with E-state index in [2.05, 4.69) is 63.2 Å². The molecule has 0 radical (unpaired) electrons. The normalized spacial score (nSPS) is 10.8. The molecule has 0 bridgehead atoms. The molecule has 4 N–H and O–H groups in total. The van der Waals surface area contributed by atoms with Crippen molar-refractivity contribution in [2.45, 2.75) is 26.8 Å². The van der Waals surface area contributed by atoms with E-state index >= 15 is 0 Å². The van der Waals surface area contributed by atoms with Crippen LogP contribution in [-0.2, 0) is 4.79 Å². The molecule has 212 valence electrons. The Morgan fingerprint density at radius 3 is 2.52 bits per heavy atom. The van der Waals surface area contributed by atoms with Gasteiger partial charge >= 0.3 is 0 Å². The zero-order valence-electron chi connectivity index (χ0n) is 24.2. The van der Waals surface area contributed by atoms with Gasteiger partial charge in [0.05, 0.1) is 29.4 Å². The van der Waals surface area contributed by atoms with Gasteiger partial charge in [0.15, 0.2) is 0 Å². The van der Waals surface area contributed by atoms with E-state index in [0.717, 1.165) is 35.6 Å². The van der Waals surface area contributed by atoms with Crippen LogP contribution >= 0.6 is 0 Å². The molecule has 0 atom stereocenters. The number of benzene rings is 2. The van der Waals surface area contributed by atoms with Crippen molar-refractivity contribution in [3.63, 3.8) is 0 Å². The molecule has 0 aliphatic rings. The number of amides is 1. The molecular weight excluding hydrogens is 504 g/mol. The van der Waals surface area contributed by atoms with Crippen LogP contribution in [0.1, 0.15) is 26.3 Å². The summed E-state index contributed by atoms with van der Waals surface area (Å²) < 4.78 is 6.01. The van der Waals surface area contributed by atoms with Crippen molar-refractivity contribution in [3.8, 4) is 17.0 Å². The van der Waals surface area contributed by atoms with E-state index in [1.165, 1.54) is 18.6 Å². The van der Waals surface area contributed by atoms with E-state index in [9.17, 15) is 4.79 Å². The van der Waals surface area contributed by atoms with E-state index < -0.39 is 0 Å².